The highest BCUT2D eigenvalue weighted by atomic mass is 35.5. The summed E-state index contributed by atoms with van der Waals surface area (Å²) in [6, 6.07) is 5.09. The van der Waals surface area contributed by atoms with Gasteiger partial charge in [-0.2, -0.15) is 13.1 Å². The Balaban J connectivity index is 0.00000220. The summed E-state index contributed by atoms with van der Waals surface area (Å²) >= 11 is 0. The van der Waals surface area contributed by atoms with Gasteiger partial charge in [0.1, 0.15) is 5.75 Å². The molecule has 0 aromatic heterocycles. The Morgan fingerprint density at radius 2 is 1.95 bits per heavy atom. The third kappa shape index (κ3) is 4.50. The monoisotopic (exact) mass is 342 g/mol. The zero-order chi connectivity index (χ0) is 14.8. The number of ether oxygens (including phenoxy) is 1. The molecule has 1 heterocycles. The summed E-state index contributed by atoms with van der Waals surface area (Å²) in [5.41, 5.74) is 0. The van der Waals surface area contributed by atoms with Crippen molar-refractivity contribution < 1.29 is 21.9 Å². The molecule has 1 aromatic carbocycles. The summed E-state index contributed by atoms with van der Waals surface area (Å²) in [6.07, 6.45) is 0. The zero-order valence-electron chi connectivity index (χ0n) is 11.3. The lowest BCUT2D eigenvalue weighted by atomic mass is 10.3. The molecule has 1 aliphatic heterocycles. The Morgan fingerprint density at radius 3 is 2.48 bits per heavy atom. The first kappa shape index (κ1) is 18.1. The molecule has 120 valence electrons. The maximum atomic E-state index is 12.4. The van der Waals surface area contributed by atoms with E-state index in [1.165, 1.54) is 28.6 Å². The Labute approximate surface area is 128 Å². The number of nitrogens with one attached hydrogen (secondary N) is 1. The summed E-state index contributed by atoms with van der Waals surface area (Å²) in [4.78, 5) is 0.0771. The standard InChI is InChI=1S/C12H16F2N2O3S.ClH/c1-9-8-16(7-6-15-9)20(17,18)11-4-2-10(3-5-11)19-12(13)14;/h2-5,9,12,15H,6-8H2,1H3;1H. The van der Waals surface area contributed by atoms with Crippen LogP contribution in [0.1, 0.15) is 6.92 Å². The predicted molar refractivity (Wildman–Crippen MR) is 76.5 cm³/mol. The van der Waals surface area contributed by atoms with Gasteiger partial charge in [0.25, 0.3) is 0 Å². The fourth-order valence-corrected chi connectivity index (χ4v) is 3.59. The van der Waals surface area contributed by atoms with Crippen LogP contribution in [0, 0.1) is 0 Å². The number of hydrogen-bond acceptors (Lipinski definition) is 4. The van der Waals surface area contributed by atoms with Gasteiger partial charge in [-0.3, -0.25) is 0 Å². The molecule has 0 bridgehead atoms. The maximum absolute atomic E-state index is 12.4. The number of rotatable bonds is 4. The Bertz CT molecular complexity index is 554. The van der Waals surface area contributed by atoms with E-state index in [0.717, 1.165) is 0 Å². The van der Waals surface area contributed by atoms with Crippen LogP contribution in [0.5, 0.6) is 5.75 Å². The van der Waals surface area contributed by atoms with E-state index in [1.54, 1.807) is 0 Å². The average molecular weight is 343 g/mol. The van der Waals surface area contributed by atoms with Gasteiger partial charge in [0.15, 0.2) is 0 Å². The lowest BCUT2D eigenvalue weighted by molar-refractivity contribution is -0.0498. The van der Waals surface area contributed by atoms with Crippen molar-refractivity contribution in [1.82, 2.24) is 9.62 Å². The molecular weight excluding hydrogens is 326 g/mol. The van der Waals surface area contributed by atoms with Crippen molar-refractivity contribution in [3.05, 3.63) is 24.3 Å². The van der Waals surface area contributed by atoms with Crippen LogP contribution in [0.25, 0.3) is 0 Å². The highest BCUT2D eigenvalue weighted by Gasteiger charge is 2.28. The Morgan fingerprint density at radius 1 is 1.33 bits per heavy atom. The molecule has 2 rings (SSSR count). The van der Waals surface area contributed by atoms with E-state index in [0.29, 0.717) is 19.6 Å². The van der Waals surface area contributed by atoms with E-state index in [1.807, 2.05) is 6.92 Å². The van der Waals surface area contributed by atoms with Gasteiger partial charge >= 0.3 is 6.61 Å². The van der Waals surface area contributed by atoms with E-state index in [2.05, 4.69) is 10.1 Å². The maximum Gasteiger partial charge on any atom is 0.387 e. The largest absolute Gasteiger partial charge is 0.435 e. The second kappa shape index (κ2) is 7.35. The van der Waals surface area contributed by atoms with Crippen molar-refractivity contribution >= 4 is 22.4 Å². The van der Waals surface area contributed by atoms with Gasteiger partial charge in [-0.05, 0) is 31.2 Å². The molecule has 21 heavy (non-hydrogen) atoms. The van der Waals surface area contributed by atoms with Crippen LogP contribution < -0.4 is 10.1 Å². The highest BCUT2D eigenvalue weighted by Crippen LogP contribution is 2.21. The van der Waals surface area contributed by atoms with Gasteiger partial charge < -0.3 is 10.1 Å². The molecule has 1 fully saturated rings. The lowest BCUT2D eigenvalue weighted by Gasteiger charge is -2.31. The summed E-state index contributed by atoms with van der Waals surface area (Å²) in [7, 11) is -3.59. The molecule has 9 heteroatoms. The molecule has 0 amide bonds. The van der Waals surface area contributed by atoms with Gasteiger partial charge in [-0.25, -0.2) is 8.42 Å². The molecule has 1 N–H and O–H groups in total. The minimum absolute atomic E-state index is 0. The first-order valence-corrected chi connectivity index (χ1v) is 7.62. The van der Waals surface area contributed by atoms with Crippen LogP contribution >= 0.6 is 12.4 Å². The summed E-state index contributed by atoms with van der Waals surface area (Å²) in [5, 5.41) is 3.16. The van der Waals surface area contributed by atoms with E-state index in [4.69, 9.17) is 0 Å². The zero-order valence-corrected chi connectivity index (χ0v) is 13.0. The smallest absolute Gasteiger partial charge is 0.387 e. The van der Waals surface area contributed by atoms with E-state index < -0.39 is 16.6 Å². The molecule has 1 aromatic rings. The molecule has 0 saturated carbocycles. The summed E-state index contributed by atoms with van der Waals surface area (Å²) in [5.74, 6) is -0.0624. The van der Waals surface area contributed by atoms with Gasteiger partial charge in [0, 0.05) is 25.7 Å². The number of alkyl halides is 2. The SMILES string of the molecule is CC1CN(S(=O)(=O)c2ccc(OC(F)F)cc2)CCN1.Cl. The van der Waals surface area contributed by atoms with Crippen molar-refractivity contribution in [1.29, 1.82) is 0 Å². The highest BCUT2D eigenvalue weighted by molar-refractivity contribution is 7.89. The van der Waals surface area contributed by atoms with Crippen molar-refractivity contribution in [2.45, 2.75) is 24.5 Å². The topological polar surface area (TPSA) is 58.6 Å². The Kier molecular flexibility index (Phi) is 6.33. The Hall–Kier alpha value is -0.960. The second-order valence-electron chi connectivity index (χ2n) is 4.57. The number of piperazine rings is 1. The van der Waals surface area contributed by atoms with Crippen molar-refractivity contribution in [2.24, 2.45) is 0 Å². The van der Waals surface area contributed by atoms with Crippen LogP contribution in [-0.2, 0) is 10.0 Å². The van der Waals surface area contributed by atoms with Crippen LogP contribution in [0.3, 0.4) is 0 Å². The molecule has 1 saturated heterocycles. The van der Waals surface area contributed by atoms with E-state index >= 15 is 0 Å². The average Bonchev–Trinajstić information content (AvgIpc) is 2.38. The van der Waals surface area contributed by atoms with Gasteiger partial charge in [0.05, 0.1) is 4.90 Å². The second-order valence-corrected chi connectivity index (χ2v) is 6.51. The first-order chi connectivity index (χ1) is 9.39. The van der Waals surface area contributed by atoms with Gasteiger partial charge in [0.2, 0.25) is 10.0 Å². The number of benzene rings is 1. The van der Waals surface area contributed by atoms with Crippen LogP contribution in [0.15, 0.2) is 29.2 Å². The fraction of sp³-hybridized carbons (Fsp3) is 0.500. The number of halogens is 3. The van der Waals surface area contributed by atoms with Gasteiger partial charge in [-0.15, -0.1) is 12.4 Å². The predicted octanol–water partition coefficient (Wildman–Crippen LogP) is 1.69. The molecule has 1 unspecified atom stereocenters. The van der Waals surface area contributed by atoms with Crippen molar-refractivity contribution in [2.75, 3.05) is 19.6 Å². The first-order valence-electron chi connectivity index (χ1n) is 6.18. The molecule has 0 aliphatic carbocycles. The van der Waals surface area contributed by atoms with E-state index in [-0.39, 0.29) is 29.1 Å². The van der Waals surface area contributed by atoms with Crippen molar-refractivity contribution in [3.8, 4) is 5.75 Å². The fourth-order valence-electron chi connectivity index (χ4n) is 2.06. The normalized spacial score (nSPS) is 20.1. The molecule has 0 radical (unpaired) electrons. The molecule has 0 spiro atoms. The minimum Gasteiger partial charge on any atom is -0.435 e. The number of hydrogen-bond donors (Lipinski definition) is 1. The third-order valence-electron chi connectivity index (χ3n) is 3.02. The number of nitrogens with zero attached hydrogens (tertiary/aromatic N) is 1. The van der Waals surface area contributed by atoms with Gasteiger partial charge in [-0.1, -0.05) is 0 Å². The summed E-state index contributed by atoms with van der Waals surface area (Å²) in [6.45, 7) is 0.347. The van der Waals surface area contributed by atoms with Crippen LogP contribution in [0.4, 0.5) is 8.78 Å². The van der Waals surface area contributed by atoms with E-state index in [9.17, 15) is 17.2 Å². The summed E-state index contributed by atoms with van der Waals surface area (Å²) < 4.78 is 54.4. The molecular formula is C12H17ClF2N2O3S. The number of sulfonamides is 1. The van der Waals surface area contributed by atoms with Crippen molar-refractivity contribution in [3.63, 3.8) is 0 Å². The van der Waals surface area contributed by atoms with Crippen LogP contribution in [0.2, 0.25) is 0 Å². The minimum atomic E-state index is -3.59. The molecule has 1 atom stereocenters. The van der Waals surface area contributed by atoms with Crippen LogP contribution in [-0.4, -0.2) is 45.0 Å². The molecule has 5 nitrogen and oxygen atoms in total. The molecule has 1 aliphatic rings. The lowest BCUT2D eigenvalue weighted by Crippen LogP contribution is -2.51. The third-order valence-corrected chi connectivity index (χ3v) is 4.90. The quantitative estimate of drug-likeness (QED) is 0.904.